The third kappa shape index (κ3) is 4.96. The number of rotatable bonds is 7. The highest BCUT2D eigenvalue weighted by Gasteiger charge is 2.25. The van der Waals surface area contributed by atoms with E-state index in [0.29, 0.717) is 24.4 Å². The average molecular weight is 503 g/mol. The van der Waals surface area contributed by atoms with E-state index >= 15 is 0 Å². The monoisotopic (exact) mass is 502 g/mol. The van der Waals surface area contributed by atoms with E-state index in [2.05, 4.69) is 21.1 Å². The van der Waals surface area contributed by atoms with Crippen molar-refractivity contribution >= 4 is 16.1 Å². The lowest BCUT2D eigenvalue weighted by Crippen LogP contribution is -2.42. The van der Waals surface area contributed by atoms with Crippen molar-refractivity contribution in [2.24, 2.45) is 0 Å². The predicted molar refractivity (Wildman–Crippen MR) is 136 cm³/mol. The van der Waals surface area contributed by atoms with Gasteiger partial charge in [-0.05, 0) is 54.3 Å². The summed E-state index contributed by atoms with van der Waals surface area (Å²) in [5.41, 5.74) is 3.53. The number of imidazole rings is 1. The maximum atomic E-state index is 13.0. The third-order valence-corrected chi connectivity index (χ3v) is 7.62. The molecule has 3 aromatic carbocycles. The Labute approximate surface area is 210 Å². The highest BCUT2D eigenvalue weighted by molar-refractivity contribution is 7.90. The van der Waals surface area contributed by atoms with E-state index in [1.807, 2.05) is 53.2 Å². The smallest absolute Gasteiger partial charge is 0.329 e. The van der Waals surface area contributed by atoms with E-state index in [4.69, 9.17) is 4.74 Å². The molecular weight excluding hydrogens is 476 g/mol. The summed E-state index contributed by atoms with van der Waals surface area (Å²) in [5.74, 6) is 1.46. The number of hydrogen-bond donors (Lipinski definition) is 2. The summed E-state index contributed by atoms with van der Waals surface area (Å²) in [7, 11) is -4.05. The van der Waals surface area contributed by atoms with Crippen LogP contribution in [0.4, 0.5) is 4.79 Å². The van der Waals surface area contributed by atoms with Crippen LogP contribution in [0.3, 0.4) is 0 Å². The second-order valence-electron chi connectivity index (χ2n) is 8.63. The van der Waals surface area contributed by atoms with Crippen LogP contribution in [0.25, 0.3) is 5.69 Å². The van der Waals surface area contributed by atoms with Crippen LogP contribution >= 0.6 is 0 Å². The molecular formula is C27H26N4O4S. The number of nitrogens with zero attached hydrogens (tertiary/aromatic N) is 2. The first kappa shape index (κ1) is 23.6. The summed E-state index contributed by atoms with van der Waals surface area (Å²) in [6.45, 7) is 2.34. The molecule has 2 N–H and O–H groups in total. The molecule has 9 heteroatoms. The number of ether oxygens (including phenoxy) is 1. The second kappa shape index (κ2) is 9.87. The number of amides is 2. The Hall–Kier alpha value is -4.11. The van der Waals surface area contributed by atoms with Gasteiger partial charge in [-0.25, -0.2) is 22.9 Å². The zero-order valence-corrected chi connectivity index (χ0v) is 20.5. The molecule has 1 unspecified atom stereocenters. The zero-order chi connectivity index (χ0) is 25.1. The lowest BCUT2D eigenvalue weighted by molar-refractivity contribution is 0.241. The SMILES string of the molecule is Cc1ccccc1S(=O)(=O)NC(=O)NC(Cc1ccccc1)c1nccn1-c1ccc2c(c1)CCO2. The van der Waals surface area contributed by atoms with Crippen LogP contribution in [0.15, 0.2) is 90.1 Å². The van der Waals surface area contributed by atoms with Crippen molar-refractivity contribution in [3.05, 3.63) is 108 Å². The van der Waals surface area contributed by atoms with Crippen LogP contribution in [0.2, 0.25) is 0 Å². The van der Waals surface area contributed by atoms with Crippen LogP contribution in [-0.2, 0) is 22.9 Å². The van der Waals surface area contributed by atoms with E-state index in [1.165, 1.54) is 6.07 Å². The minimum Gasteiger partial charge on any atom is -0.493 e. The molecule has 8 nitrogen and oxygen atoms in total. The highest BCUT2D eigenvalue weighted by atomic mass is 32.2. The number of aryl methyl sites for hydroxylation is 1. The van der Waals surface area contributed by atoms with E-state index in [-0.39, 0.29) is 4.90 Å². The number of fused-ring (bicyclic) bond motifs is 1. The maximum Gasteiger partial charge on any atom is 0.329 e. The van der Waals surface area contributed by atoms with E-state index in [1.54, 1.807) is 31.3 Å². The summed E-state index contributed by atoms with van der Waals surface area (Å²) >= 11 is 0. The van der Waals surface area contributed by atoms with Crippen molar-refractivity contribution in [3.63, 3.8) is 0 Å². The Kier molecular flexibility index (Phi) is 6.47. The molecule has 0 radical (unpaired) electrons. The Morgan fingerprint density at radius 1 is 1.08 bits per heavy atom. The molecule has 1 atom stereocenters. The molecule has 1 aromatic heterocycles. The summed E-state index contributed by atoms with van der Waals surface area (Å²) in [6.07, 6.45) is 4.75. The topological polar surface area (TPSA) is 102 Å². The van der Waals surface area contributed by atoms with Crippen molar-refractivity contribution in [2.45, 2.75) is 30.7 Å². The van der Waals surface area contributed by atoms with Gasteiger partial charge in [-0.2, -0.15) is 0 Å². The molecule has 0 saturated carbocycles. The minimum atomic E-state index is -4.05. The van der Waals surface area contributed by atoms with Crippen molar-refractivity contribution < 1.29 is 17.9 Å². The fourth-order valence-electron chi connectivity index (χ4n) is 4.39. The van der Waals surface area contributed by atoms with Crippen LogP contribution in [0.1, 0.15) is 28.6 Å². The first-order chi connectivity index (χ1) is 17.4. The molecule has 0 fully saturated rings. The zero-order valence-electron chi connectivity index (χ0n) is 19.7. The number of nitrogens with one attached hydrogen (secondary N) is 2. The summed E-state index contributed by atoms with van der Waals surface area (Å²) < 4.78 is 35.4. The van der Waals surface area contributed by atoms with Crippen molar-refractivity contribution in [1.82, 2.24) is 19.6 Å². The Balaban J connectivity index is 1.44. The Morgan fingerprint density at radius 2 is 1.86 bits per heavy atom. The number of benzene rings is 3. The highest BCUT2D eigenvalue weighted by Crippen LogP contribution is 2.29. The van der Waals surface area contributed by atoms with E-state index < -0.39 is 22.1 Å². The second-order valence-corrected chi connectivity index (χ2v) is 10.3. The van der Waals surface area contributed by atoms with Crippen LogP contribution in [0.5, 0.6) is 5.75 Å². The van der Waals surface area contributed by atoms with Gasteiger partial charge in [-0.3, -0.25) is 0 Å². The van der Waals surface area contributed by atoms with Crippen molar-refractivity contribution in [3.8, 4) is 11.4 Å². The molecule has 36 heavy (non-hydrogen) atoms. The van der Waals surface area contributed by atoms with E-state index in [9.17, 15) is 13.2 Å². The minimum absolute atomic E-state index is 0.0571. The molecule has 5 rings (SSSR count). The largest absolute Gasteiger partial charge is 0.493 e. The fourth-order valence-corrected chi connectivity index (χ4v) is 5.56. The first-order valence-corrected chi connectivity index (χ1v) is 13.1. The van der Waals surface area contributed by atoms with E-state index in [0.717, 1.165) is 29.0 Å². The van der Waals surface area contributed by atoms with Crippen LogP contribution in [-0.4, -0.2) is 30.6 Å². The number of sulfonamides is 1. The molecule has 1 aliphatic rings. The van der Waals surface area contributed by atoms with Gasteiger partial charge in [-0.15, -0.1) is 0 Å². The van der Waals surface area contributed by atoms with Crippen LogP contribution < -0.4 is 14.8 Å². The lowest BCUT2D eigenvalue weighted by Gasteiger charge is -2.21. The third-order valence-electron chi connectivity index (χ3n) is 6.13. The molecule has 184 valence electrons. The molecule has 0 spiro atoms. The van der Waals surface area contributed by atoms with Gasteiger partial charge in [0.2, 0.25) is 0 Å². The van der Waals surface area contributed by atoms with Gasteiger partial charge >= 0.3 is 6.03 Å². The number of carbonyl (C=O) groups excluding carboxylic acids is 1. The van der Waals surface area contributed by atoms with Gasteiger partial charge in [0.25, 0.3) is 10.0 Å². The van der Waals surface area contributed by atoms with Crippen LogP contribution in [0, 0.1) is 6.92 Å². The molecule has 0 bridgehead atoms. The molecule has 2 heterocycles. The summed E-state index contributed by atoms with van der Waals surface area (Å²) in [4.78, 5) is 17.6. The molecule has 4 aromatic rings. The van der Waals surface area contributed by atoms with Gasteiger partial charge in [0.05, 0.1) is 17.5 Å². The predicted octanol–water partition coefficient (Wildman–Crippen LogP) is 4.09. The van der Waals surface area contributed by atoms with Gasteiger partial charge in [0.1, 0.15) is 11.6 Å². The first-order valence-electron chi connectivity index (χ1n) is 11.6. The van der Waals surface area contributed by atoms with Gasteiger partial charge < -0.3 is 14.6 Å². The van der Waals surface area contributed by atoms with Crippen molar-refractivity contribution in [2.75, 3.05) is 6.61 Å². The fraction of sp³-hybridized carbons (Fsp3) is 0.185. The number of hydrogen-bond acceptors (Lipinski definition) is 5. The molecule has 0 aliphatic carbocycles. The molecule has 1 aliphatic heterocycles. The van der Waals surface area contributed by atoms with Gasteiger partial charge in [-0.1, -0.05) is 48.5 Å². The Morgan fingerprint density at radius 3 is 2.67 bits per heavy atom. The lowest BCUT2D eigenvalue weighted by atomic mass is 10.1. The normalized spacial score (nSPS) is 13.5. The van der Waals surface area contributed by atoms with Gasteiger partial charge in [0.15, 0.2) is 0 Å². The Bertz CT molecular complexity index is 1500. The summed E-state index contributed by atoms with van der Waals surface area (Å²) in [6, 6.07) is 20.7. The summed E-state index contributed by atoms with van der Waals surface area (Å²) in [5, 5.41) is 2.84. The number of urea groups is 1. The van der Waals surface area contributed by atoms with Crippen molar-refractivity contribution in [1.29, 1.82) is 0 Å². The molecule has 0 saturated heterocycles. The standard InChI is InChI=1S/C27H26N4O4S/c1-19-7-5-6-10-25(19)36(33,34)30-27(32)29-23(17-20-8-3-2-4-9-20)26-28-14-15-31(26)22-11-12-24-21(18-22)13-16-35-24/h2-12,14-15,18,23H,13,16-17H2,1H3,(H2,29,30,32). The number of aromatic nitrogens is 2. The quantitative estimate of drug-likeness (QED) is 0.396. The average Bonchev–Trinajstić information content (AvgIpc) is 3.53. The van der Waals surface area contributed by atoms with Gasteiger partial charge in [0, 0.05) is 24.5 Å². The number of carbonyl (C=O) groups is 1. The maximum absolute atomic E-state index is 13.0. The molecule has 2 amide bonds.